The van der Waals surface area contributed by atoms with Crippen LogP contribution in [-0.2, 0) is 4.74 Å². The number of anilines is 1. The number of oxazole rings is 1. The van der Waals surface area contributed by atoms with E-state index in [4.69, 9.17) is 9.15 Å². The molecular weight excluding hydrogens is 224 g/mol. The molecule has 1 aliphatic heterocycles. The molecule has 2 rings (SSSR count). The summed E-state index contributed by atoms with van der Waals surface area (Å²) >= 11 is 0. The number of nitrogens with zero attached hydrogens (tertiary/aromatic N) is 2. The van der Waals surface area contributed by atoms with Crippen molar-refractivity contribution >= 4 is 12.0 Å². The highest BCUT2D eigenvalue weighted by atomic mass is 16.5. The smallest absolute Gasteiger partial charge is 0.360 e. The number of aromatic nitrogens is 1. The van der Waals surface area contributed by atoms with E-state index in [9.17, 15) is 9.90 Å². The highest BCUT2D eigenvalue weighted by molar-refractivity contribution is 5.87. The van der Waals surface area contributed by atoms with Crippen molar-refractivity contribution in [2.75, 3.05) is 24.7 Å². The average Bonchev–Trinajstić information content (AvgIpc) is 2.97. The van der Waals surface area contributed by atoms with E-state index in [2.05, 4.69) is 4.98 Å². The molecule has 1 aromatic rings. The normalized spacial score (nSPS) is 19.6. The zero-order chi connectivity index (χ0) is 12.3. The van der Waals surface area contributed by atoms with Gasteiger partial charge in [-0.1, -0.05) is 0 Å². The Morgan fingerprint density at radius 2 is 2.59 bits per heavy atom. The molecule has 1 atom stereocenters. The Labute approximate surface area is 99.2 Å². The van der Waals surface area contributed by atoms with E-state index < -0.39 is 5.97 Å². The van der Waals surface area contributed by atoms with Crippen LogP contribution in [-0.4, -0.2) is 41.9 Å². The van der Waals surface area contributed by atoms with E-state index in [0.717, 1.165) is 19.4 Å². The van der Waals surface area contributed by atoms with Gasteiger partial charge in [0.15, 0.2) is 5.69 Å². The van der Waals surface area contributed by atoms with Crippen LogP contribution in [0.4, 0.5) is 6.01 Å². The highest BCUT2D eigenvalue weighted by Crippen LogP contribution is 2.24. The van der Waals surface area contributed by atoms with Crippen molar-refractivity contribution in [3.63, 3.8) is 0 Å². The third-order valence-corrected chi connectivity index (χ3v) is 2.81. The Bertz CT molecular complexity index is 391. The second-order valence-corrected chi connectivity index (χ2v) is 3.91. The van der Waals surface area contributed by atoms with Gasteiger partial charge in [0.1, 0.15) is 6.26 Å². The van der Waals surface area contributed by atoms with E-state index in [1.165, 1.54) is 6.26 Å². The van der Waals surface area contributed by atoms with Crippen molar-refractivity contribution in [1.82, 2.24) is 4.98 Å². The molecule has 2 heterocycles. The molecule has 1 unspecified atom stereocenters. The minimum atomic E-state index is -0.484. The Kier molecular flexibility index (Phi) is 3.63. The van der Waals surface area contributed by atoms with Gasteiger partial charge in [-0.15, -0.1) is 0 Å². The first kappa shape index (κ1) is 11.9. The SMILES string of the molecule is CCOC(=O)c1coc(N2CCCC2CO)n1. The fraction of sp³-hybridized carbons (Fsp3) is 0.636. The maximum Gasteiger partial charge on any atom is 0.360 e. The Hall–Kier alpha value is -1.56. The van der Waals surface area contributed by atoms with E-state index in [-0.39, 0.29) is 18.3 Å². The molecule has 0 bridgehead atoms. The number of aliphatic hydroxyl groups is 1. The molecule has 0 saturated carbocycles. The quantitative estimate of drug-likeness (QED) is 0.785. The minimum absolute atomic E-state index is 0.0312. The second-order valence-electron chi connectivity index (χ2n) is 3.91. The van der Waals surface area contributed by atoms with Crippen molar-refractivity contribution in [3.05, 3.63) is 12.0 Å². The molecule has 6 heteroatoms. The topological polar surface area (TPSA) is 75.8 Å². The number of carbonyl (C=O) groups excluding carboxylic acids is 1. The van der Waals surface area contributed by atoms with Crippen LogP contribution in [0.15, 0.2) is 10.7 Å². The van der Waals surface area contributed by atoms with Crippen molar-refractivity contribution in [2.24, 2.45) is 0 Å². The number of rotatable bonds is 4. The molecule has 1 fully saturated rings. The van der Waals surface area contributed by atoms with Gasteiger partial charge >= 0.3 is 5.97 Å². The summed E-state index contributed by atoms with van der Waals surface area (Å²) in [5.41, 5.74) is 0.172. The van der Waals surface area contributed by atoms with Gasteiger partial charge in [-0.05, 0) is 19.8 Å². The van der Waals surface area contributed by atoms with Gasteiger partial charge in [-0.2, -0.15) is 4.98 Å². The maximum atomic E-state index is 11.4. The number of carbonyl (C=O) groups is 1. The van der Waals surface area contributed by atoms with Crippen LogP contribution >= 0.6 is 0 Å². The summed E-state index contributed by atoms with van der Waals surface area (Å²) in [5, 5.41) is 9.20. The van der Waals surface area contributed by atoms with Gasteiger partial charge < -0.3 is 19.2 Å². The van der Waals surface area contributed by atoms with Gasteiger partial charge in [0.05, 0.1) is 19.3 Å². The number of hydrogen-bond acceptors (Lipinski definition) is 6. The zero-order valence-electron chi connectivity index (χ0n) is 9.76. The second kappa shape index (κ2) is 5.18. The summed E-state index contributed by atoms with van der Waals surface area (Å²) in [5.74, 6) is -0.484. The van der Waals surface area contributed by atoms with E-state index in [0.29, 0.717) is 12.6 Å². The van der Waals surface area contributed by atoms with Crippen LogP contribution in [0.3, 0.4) is 0 Å². The van der Waals surface area contributed by atoms with Crippen LogP contribution in [0.25, 0.3) is 0 Å². The predicted octanol–water partition coefficient (Wildman–Crippen LogP) is 0.812. The third-order valence-electron chi connectivity index (χ3n) is 2.81. The van der Waals surface area contributed by atoms with Gasteiger partial charge in [-0.25, -0.2) is 4.79 Å². The van der Waals surface area contributed by atoms with Crippen LogP contribution in [0, 0.1) is 0 Å². The number of hydrogen-bond donors (Lipinski definition) is 1. The molecule has 0 aliphatic carbocycles. The molecule has 1 saturated heterocycles. The standard InChI is InChI=1S/C11H16N2O4/c1-2-16-10(15)9-7-17-11(12-9)13-5-3-4-8(13)6-14/h7-8,14H,2-6H2,1H3. The molecule has 1 aliphatic rings. The van der Waals surface area contributed by atoms with Crippen LogP contribution in [0.5, 0.6) is 0 Å². The molecule has 17 heavy (non-hydrogen) atoms. The fourth-order valence-corrected chi connectivity index (χ4v) is 1.97. The average molecular weight is 240 g/mol. The molecule has 6 nitrogen and oxygen atoms in total. The summed E-state index contributed by atoms with van der Waals surface area (Å²) in [4.78, 5) is 17.4. The molecule has 0 aromatic carbocycles. The molecule has 1 N–H and O–H groups in total. The Morgan fingerprint density at radius 3 is 3.29 bits per heavy atom. The predicted molar refractivity (Wildman–Crippen MR) is 59.9 cm³/mol. The fourth-order valence-electron chi connectivity index (χ4n) is 1.97. The van der Waals surface area contributed by atoms with Crippen LogP contribution < -0.4 is 4.90 Å². The van der Waals surface area contributed by atoms with Crippen molar-refractivity contribution < 1.29 is 19.1 Å². The van der Waals surface area contributed by atoms with Gasteiger partial charge in [0, 0.05) is 6.54 Å². The number of esters is 1. The van der Waals surface area contributed by atoms with Crippen LogP contribution in [0.1, 0.15) is 30.3 Å². The summed E-state index contributed by atoms with van der Waals surface area (Å²) in [6.07, 6.45) is 3.19. The van der Waals surface area contributed by atoms with Crippen molar-refractivity contribution in [3.8, 4) is 0 Å². The minimum Gasteiger partial charge on any atom is -0.461 e. The molecule has 94 valence electrons. The monoisotopic (exact) mass is 240 g/mol. The summed E-state index contributed by atoms with van der Waals surface area (Å²) in [6.45, 7) is 2.90. The molecule has 0 spiro atoms. The lowest BCUT2D eigenvalue weighted by molar-refractivity contribution is 0.0519. The lowest BCUT2D eigenvalue weighted by atomic mass is 10.2. The van der Waals surface area contributed by atoms with E-state index in [1.807, 2.05) is 4.90 Å². The Balaban J connectivity index is 2.09. The molecule has 1 aromatic heterocycles. The lowest BCUT2D eigenvalue weighted by Crippen LogP contribution is -2.32. The maximum absolute atomic E-state index is 11.4. The first-order valence-electron chi connectivity index (χ1n) is 5.76. The molecule has 0 amide bonds. The van der Waals surface area contributed by atoms with E-state index in [1.54, 1.807) is 6.92 Å². The van der Waals surface area contributed by atoms with Gasteiger partial charge in [0.25, 0.3) is 6.01 Å². The van der Waals surface area contributed by atoms with Crippen LogP contribution in [0.2, 0.25) is 0 Å². The summed E-state index contributed by atoms with van der Waals surface area (Å²) in [7, 11) is 0. The third kappa shape index (κ3) is 2.41. The molecular formula is C11H16N2O4. The van der Waals surface area contributed by atoms with Gasteiger partial charge in [0.2, 0.25) is 0 Å². The lowest BCUT2D eigenvalue weighted by Gasteiger charge is -2.20. The Morgan fingerprint density at radius 1 is 1.76 bits per heavy atom. The number of aliphatic hydroxyl groups excluding tert-OH is 1. The van der Waals surface area contributed by atoms with Gasteiger partial charge in [-0.3, -0.25) is 0 Å². The largest absolute Gasteiger partial charge is 0.461 e. The van der Waals surface area contributed by atoms with E-state index >= 15 is 0 Å². The van der Waals surface area contributed by atoms with Crippen molar-refractivity contribution in [1.29, 1.82) is 0 Å². The molecule has 0 radical (unpaired) electrons. The first-order valence-corrected chi connectivity index (χ1v) is 5.76. The summed E-state index contributed by atoms with van der Waals surface area (Å²) < 4.78 is 10.1. The van der Waals surface area contributed by atoms with Crippen molar-refractivity contribution in [2.45, 2.75) is 25.8 Å². The first-order chi connectivity index (χ1) is 8.26. The summed E-state index contributed by atoms with van der Waals surface area (Å²) in [6, 6.07) is 0.410. The zero-order valence-corrected chi connectivity index (χ0v) is 9.76. The number of ether oxygens (including phenoxy) is 1. The highest BCUT2D eigenvalue weighted by Gasteiger charge is 2.28.